The van der Waals surface area contributed by atoms with Crippen molar-refractivity contribution in [2.45, 2.75) is 18.9 Å². The number of hydrogen-bond acceptors (Lipinski definition) is 4. The molecule has 0 saturated carbocycles. The van der Waals surface area contributed by atoms with E-state index in [1.807, 2.05) is 0 Å². The first-order valence-electron chi connectivity index (χ1n) is 6.11. The van der Waals surface area contributed by atoms with Gasteiger partial charge in [-0.1, -0.05) is 0 Å². The predicted octanol–water partition coefficient (Wildman–Crippen LogP) is 0.286. The topological polar surface area (TPSA) is 93.4 Å². The SMILES string of the molecule is COc1ccc(C(=O)NCC2CCC(=O)N2)c(N)c1. The Morgan fingerprint density at radius 1 is 1.58 bits per heavy atom. The molecule has 1 aromatic carbocycles. The molecule has 4 N–H and O–H groups in total. The molecule has 1 aliphatic heterocycles. The Morgan fingerprint density at radius 3 is 2.95 bits per heavy atom. The van der Waals surface area contributed by atoms with Gasteiger partial charge in [0.15, 0.2) is 0 Å². The number of carbonyl (C=O) groups excluding carboxylic acids is 2. The van der Waals surface area contributed by atoms with Gasteiger partial charge < -0.3 is 21.1 Å². The number of hydrogen-bond donors (Lipinski definition) is 3. The van der Waals surface area contributed by atoms with Gasteiger partial charge in [-0.25, -0.2) is 0 Å². The van der Waals surface area contributed by atoms with E-state index in [9.17, 15) is 9.59 Å². The number of carbonyl (C=O) groups is 2. The summed E-state index contributed by atoms with van der Waals surface area (Å²) in [5, 5.41) is 5.55. The maximum absolute atomic E-state index is 12.0. The van der Waals surface area contributed by atoms with Gasteiger partial charge in [0.2, 0.25) is 5.91 Å². The molecule has 0 aliphatic carbocycles. The number of nitrogens with one attached hydrogen (secondary N) is 2. The smallest absolute Gasteiger partial charge is 0.253 e. The molecule has 6 heteroatoms. The normalized spacial score (nSPS) is 17.9. The third-order valence-electron chi connectivity index (χ3n) is 3.10. The van der Waals surface area contributed by atoms with E-state index in [-0.39, 0.29) is 17.9 Å². The van der Waals surface area contributed by atoms with Crippen molar-refractivity contribution in [1.82, 2.24) is 10.6 Å². The Bertz CT molecular complexity index is 502. The molecule has 0 spiro atoms. The standard InChI is InChI=1S/C13H17N3O3/c1-19-9-3-4-10(11(14)6-9)13(18)15-7-8-2-5-12(17)16-8/h3-4,6,8H,2,5,7,14H2,1H3,(H,15,18)(H,16,17). The molecule has 2 rings (SSSR count). The number of methoxy groups -OCH3 is 1. The van der Waals surface area contributed by atoms with Crippen LogP contribution in [0, 0.1) is 0 Å². The van der Waals surface area contributed by atoms with Crippen LogP contribution in [-0.4, -0.2) is 31.5 Å². The van der Waals surface area contributed by atoms with Gasteiger partial charge in [-0.05, 0) is 18.6 Å². The van der Waals surface area contributed by atoms with Crippen LogP contribution in [0.15, 0.2) is 18.2 Å². The van der Waals surface area contributed by atoms with Gasteiger partial charge in [0.05, 0.1) is 12.7 Å². The van der Waals surface area contributed by atoms with Crippen LogP contribution in [0.3, 0.4) is 0 Å². The highest BCUT2D eigenvalue weighted by Crippen LogP contribution is 2.19. The summed E-state index contributed by atoms with van der Waals surface area (Å²) in [5.74, 6) is 0.390. The fourth-order valence-corrected chi connectivity index (χ4v) is 2.02. The number of nitrogens with two attached hydrogens (primary N) is 1. The van der Waals surface area contributed by atoms with Crippen molar-refractivity contribution < 1.29 is 14.3 Å². The van der Waals surface area contributed by atoms with Crippen LogP contribution >= 0.6 is 0 Å². The van der Waals surface area contributed by atoms with E-state index in [0.29, 0.717) is 30.0 Å². The fraction of sp³-hybridized carbons (Fsp3) is 0.385. The molecule has 0 aromatic heterocycles. The molecule has 1 unspecified atom stereocenters. The van der Waals surface area contributed by atoms with E-state index in [2.05, 4.69) is 10.6 Å². The van der Waals surface area contributed by atoms with Crippen LogP contribution in [0.4, 0.5) is 5.69 Å². The summed E-state index contributed by atoms with van der Waals surface area (Å²) in [4.78, 5) is 23.0. The van der Waals surface area contributed by atoms with Gasteiger partial charge >= 0.3 is 0 Å². The molecule has 1 saturated heterocycles. The van der Waals surface area contributed by atoms with Crippen molar-refractivity contribution >= 4 is 17.5 Å². The number of amides is 2. The number of ether oxygens (including phenoxy) is 1. The van der Waals surface area contributed by atoms with Crippen molar-refractivity contribution in [2.24, 2.45) is 0 Å². The summed E-state index contributed by atoms with van der Waals surface area (Å²) in [7, 11) is 1.54. The predicted molar refractivity (Wildman–Crippen MR) is 70.9 cm³/mol. The van der Waals surface area contributed by atoms with Gasteiger partial charge in [0.1, 0.15) is 5.75 Å². The van der Waals surface area contributed by atoms with Crippen LogP contribution in [0.2, 0.25) is 0 Å². The summed E-state index contributed by atoms with van der Waals surface area (Å²) in [6, 6.07) is 4.92. The molecule has 0 radical (unpaired) electrons. The highest BCUT2D eigenvalue weighted by Gasteiger charge is 2.21. The molecular formula is C13H17N3O3. The molecule has 1 atom stereocenters. The van der Waals surface area contributed by atoms with E-state index < -0.39 is 0 Å². The summed E-state index contributed by atoms with van der Waals surface area (Å²) in [6.07, 6.45) is 1.27. The van der Waals surface area contributed by atoms with Crippen LogP contribution in [0.25, 0.3) is 0 Å². The Hall–Kier alpha value is -2.24. The molecule has 1 aliphatic rings. The van der Waals surface area contributed by atoms with Gasteiger partial charge in [-0.3, -0.25) is 9.59 Å². The summed E-state index contributed by atoms with van der Waals surface area (Å²) in [6.45, 7) is 0.413. The summed E-state index contributed by atoms with van der Waals surface area (Å²) >= 11 is 0. The summed E-state index contributed by atoms with van der Waals surface area (Å²) in [5.41, 5.74) is 6.57. The maximum Gasteiger partial charge on any atom is 0.253 e. The minimum absolute atomic E-state index is 0.0101. The monoisotopic (exact) mass is 263 g/mol. The van der Waals surface area contributed by atoms with E-state index >= 15 is 0 Å². The Morgan fingerprint density at radius 2 is 2.37 bits per heavy atom. The molecule has 102 valence electrons. The lowest BCUT2D eigenvalue weighted by molar-refractivity contribution is -0.119. The van der Waals surface area contributed by atoms with Crippen LogP contribution in [0.1, 0.15) is 23.2 Å². The van der Waals surface area contributed by atoms with Crippen LogP contribution in [0.5, 0.6) is 5.75 Å². The molecule has 2 amide bonds. The number of nitrogen functional groups attached to an aromatic ring is 1. The second-order valence-electron chi connectivity index (χ2n) is 4.47. The van der Waals surface area contributed by atoms with Crippen LogP contribution < -0.4 is 21.1 Å². The average molecular weight is 263 g/mol. The molecule has 6 nitrogen and oxygen atoms in total. The van der Waals surface area contributed by atoms with E-state index in [4.69, 9.17) is 10.5 Å². The van der Waals surface area contributed by atoms with Gasteiger partial charge in [0.25, 0.3) is 5.91 Å². The number of benzene rings is 1. The molecule has 1 heterocycles. The van der Waals surface area contributed by atoms with Crippen molar-refractivity contribution in [3.8, 4) is 5.75 Å². The fourth-order valence-electron chi connectivity index (χ4n) is 2.02. The minimum Gasteiger partial charge on any atom is -0.497 e. The second-order valence-corrected chi connectivity index (χ2v) is 4.47. The van der Waals surface area contributed by atoms with E-state index in [0.717, 1.165) is 6.42 Å². The molecule has 0 bridgehead atoms. The Kier molecular flexibility index (Phi) is 3.89. The van der Waals surface area contributed by atoms with Crippen molar-refractivity contribution in [2.75, 3.05) is 19.4 Å². The quantitative estimate of drug-likeness (QED) is 0.680. The lowest BCUT2D eigenvalue weighted by Gasteiger charge is -2.12. The van der Waals surface area contributed by atoms with Gasteiger partial charge in [0, 0.05) is 30.8 Å². The van der Waals surface area contributed by atoms with E-state index in [1.165, 1.54) is 7.11 Å². The Balaban J connectivity index is 1.94. The van der Waals surface area contributed by atoms with Gasteiger partial charge in [-0.15, -0.1) is 0 Å². The maximum atomic E-state index is 12.0. The third kappa shape index (κ3) is 3.15. The van der Waals surface area contributed by atoms with Crippen molar-refractivity contribution in [3.05, 3.63) is 23.8 Å². The van der Waals surface area contributed by atoms with Crippen molar-refractivity contribution in [3.63, 3.8) is 0 Å². The highest BCUT2D eigenvalue weighted by molar-refractivity contribution is 5.99. The van der Waals surface area contributed by atoms with E-state index in [1.54, 1.807) is 18.2 Å². The second kappa shape index (κ2) is 5.60. The first-order valence-corrected chi connectivity index (χ1v) is 6.11. The zero-order valence-electron chi connectivity index (χ0n) is 10.7. The lowest BCUT2D eigenvalue weighted by atomic mass is 10.1. The van der Waals surface area contributed by atoms with Crippen LogP contribution in [-0.2, 0) is 4.79 Å². The Labute approximate surface area is 111 Å². The summed E-state index contributed by atoms with van der Waals surface area (Å²) < 4.78 is 5.02. The largest absolute Gasteiger partial charge is 0.497 e. The third-order valence-corrected chi connectivity index (χ3v) is 3.10. The number of anilines is 1. The molecule has 1 fully saturated rings. The zero-order chi connectivity index (χ0) is 13.8. The molecular weight excluding hydrogens is 246 g/mol. The minimum atomic E-state index is -0.249. The first kappa shape index (κ1) is 13.2. The zero-order valence-corrected chi connectivity index (χ0v) is 10.7. The van der Waals surface area contributed by atoms with Crippen molar-refractivity contribution in [1.29, 1.82) is 0 Å². The first-order chi connectivity index (χ1) is 9.10. The lowest BCUT2D eigenvalue weighted by Crippen LogP contribution is -2.38. The average Bonchev–Trinajstić information content (AvgIpc) is 2.81. The van der Waals surface area contributed by atoms with Gasteiger partial charge in [-0.2, -0.15) is 0 Å². The number of rotatable bonds is 4. The highest BCUT2D eigenvalue weighted by atomic mass is 16.5. The molecule has 19 heavy (non-hydrogen) atoms. The molecule has 1 aromatic rings.